The van der Waals surface area contributed by atoms with Gasteiger partial charge in [0.1, 0.15) is 0 Å². The van der Waals surface area contributed by atoms with Crippen molar-refractivity contribution in [3.8, 4) is 0 Å². The van der Waals surface area contributed by atoms with Gasteiger partial charge in [-0.15, -0.1) is 0 Å². The van der Waals surface area contributed by atoms with Gasteiger partial charge in [0.25, 0.3) is 0 Å². The number of amides is 1. The smallest absolute Gasteiger partial charge is 0.226 e. The second-order valence-electron chi connectivity index (χ2n) is 4.66. The molecular weight excluding hydrogens is 150 g/mol. The van der Waals surface area contributed by atoms with E-state index in [4.69, 9.17) is 0 Å². The first-order valence-electron chi connectivity index (χ1n) is 4.85. The lowest BCUT2D eigenvalue weighted by molar-refractivity contribution is -0.142. The van der Waals surface area contributed by atoms with Crippen molar-refractivity contribution < 1.29 is 4.79 Å². The van der Waals surface area contributed by atoms with Gasteiger partial charge in [-0.25, -0.2) is 0 Å². The monoisotopic (exact) mass is 161 g/mol. The third kappa shape index (κ3) is 0.425. The Labute approximate surface area is 71.0 Å². The minimum Gasteiger partial charge on any atom is -0.352 e. The number of rotatable bonds is 0. The largest absolute Gasteiger partial charge is 0.352 e. The molecule has 1 N–H and O–H groups in total. The summed E-state index contributed by atoms with van der Waals surface area (Å²) in [5.74, 6) is 3.80. The Morgan fingerprint density at radius 3 is 2.83 bits per heavy atom. The number of hydrogen-bond donors (Lipinski definition) is 1. The molecular formula is C10H11NO. The van der Waals surface area contributed by atoms with Gasteiger partial charge in [0.2, 0.25) is 5.91 Å². The first kappa shape index (κ1) is 5.79. The average molecular weight is 161 g/mol. The van der Waals surface area contributed by atoms with Crippen molar-refractivity contribution in [2.75, 3.05) is 0 Å². The fraction of sp³-hybridized carbons (Fsp3) is 0.700. The van der Waals surface area contributed by atoms with Crippen LogP contribution in [-0.4, -0.2) is 11.9 Å². The first-order valence-corrected chi connectivity index (χ1v) is 4.85. The maximum absolute atomic E-state index is 11.3. The van der Waals surface area contributed by atoms with E-state index in [1.165, 1.54) is 6.42 Å². The van der Waals surface area contributed by atoms with Crippen LogP contribution in [0.25, 0.3) is 0 Å². The summed E-state index contributed by atoms with van der Waals surface area (Å²) in [5.41, 5.74) is 0. The summed E-state index contributed by atoms with van der Waals surface area (Å²) in [6.07, 6.45) is 6.03. The highest BCUT2D eigenvalue weighted by Gasteiger charge is 2.64. The molecule has 1 aliphatic heterocycles. The van der Waals surface area contributed by atoms with Crippen molar-refractivity contribution in [2.45, 2.75) is 12.5 Å². The predicted octanol–water partition coefficient (Wildman–Crippen LogP) is 0.553. The lowest BCUT2D eigenvalue weighted by Crippen LogP contribution is -2.67. The molecule has 0 spiro atoms. The normalized spacial score (nSPS) is 63.2. The molecule has 5 aliphatic rings. The number of nitrogens with one attached hydrogen (secondary N) is 1. The van der Waals surface area contributed by atoms with Gasteiger partial charge < -0.3 is 5.32 Å². The Morgan fingerprint density at radius 1 is 1.25 bits per heavy atom. The highest BCUT2D eigenvalue weighted by Crippen LogP contribution is 2.63. The van der Waals surface area contributed by atoms with Crippen LogP contribution in [0.4, 0.5) is 0 Å². The van der Waals surface area contributed by atoms with E-state index in [1.807, 2.05) is 0 Å². The summed E-state index contributed by atoms with van der Waals surface area (Å²) >= 11 is 0. The van der Waals surface area contributed by atoms with E-state index in [0.717, 1.165) is 11.8 Å². The summed E-state index contributed by atoms with van der Waals surface area (Å²) < 4.78 is 0. The van der Waals surface area contributed by atoms with E-state index in [0.29, 0.717) is 29.7 Å². The van der Waals surface area contributed by atoms with E-state index in [9.17, 15) is 4.79 Å². The quantitative estimate of drug-likeness (QED) is 0.408. The van der Waals surface area contributed by atoms with Crippen molar-refractivity contribution in [2.24, 2.45) is 29.6 Å². The first-order chi connectivity index (χ1) is 5.86. The molecule has 0 aromatic rings. The molecule has 3 fully saturated rings. The van der Waals surface area contributed by atoms with Gasteiger partial charge in [0, 0.05) is 12.0 Å². The van der Waals surface area contributed by atoms with Crippen LogP contribution in [0.15, 0.2) is 12.2 Å². The molecule has 1 heterocycles. The lowest BCUT2D eigenvalue weighted by Gasteiger charge is -2.50. The van der Waals surface area contributed by atoms with E-state index >= 15 is 0 Å². The van der Waals surface area contributed by atoms with Gasteiger partial charge in [0.15, 0.2) is 0 Å². The highest BCUT2D eigenvalue weighted by molar-refractivity contribution is 5.87. The number of β-lactam (4-membered cyclic amide) rings is 1. The fourth-order valence-electron chi connectivity index (χ4n) is 3.60. The highest BCUT2D eigenvalue weighted by atomic mass is 16.2. The van der Waals surface area contributed by atoms with Crippen LogP contribution in [0.1, 0.15) is 6.42 Å². The van der Waals surface area contributed by atoms with Gasteiger partial charge >= 0.3 is 0 Å². The molecule has 1 saturated heterocycles. The summed E-state index contributed by atoms with van der Waals surface area (Å²) in [4.78, 5) is 11.3. The molecule has 0 aromatic carbocycles. The van der Waals surface area contributed by atoms with Crippen molar-refractivity contribution in [1.29, 1.82) is 0 Å². The standard InChI is InChI=1S/C10H11NO/c12-10-8-4-1-2-5(9(8)11-10)7-3-6(4)7/h1-2,4-9H,3H2,(H,11,12)/t4-,5-,6+,7+,8+,9+/m0/s1. The topological polar surface area (TPSA) is 29.1 Å². The van der Waals surface area contributed by atoms with Crippen molar-refractivity contribution in [3.63, 3.8) is 0 Å². The van der Waals surface area contributed by atoms with Crippen LogP contribution >= 0.6 is 0 Å². The third-order valence-corrected chi connectivity index (χ3v) is 4.26. The van der Waals surface area contributed by atoms with E-state index in [1.54, 1.807) is 0 Å². The minimum atomic E-state index is 0.310. The molecule has 2 nitrogen and oxygen atoms in total. The zero-order valence-corrected chi connectivity index (χ0v) is 6.73. The van der Waals surface area contributed by atoms with Gasteiger partial charge in [-0.2, -0.15) is 0 Å². The van der Waals surface area contributed by atoms with Gasteiger partial charge in [-0.05, 0) is 24.2 Å². The second-order valence-corrected chi connectivity index (χ2v) is 4.66. The molecule has 4 aliphatic carbocycles. The molecule has 1 amide bonds. The van der Waals surface area contributed by atoms with Gasteiger partial charge in [-0.3, -0.25) is 4.79 Å². The molecule has 2 bridgehead atoms. The number of allylic oxidation sites excluding steroid dienone is 1. The molecule has 5 rings (SSSR count). The Bertz CT molecular complexity index is 309. The maximum atomic E-state index is 11.3. The van der Waals surface area contributed by atoms with Crippen LogP contribution in [-0.2, 0) is 4.79 Å². The predicted molar refractivity (Wildman–Crippen MR) is 43.1 cm³/mol. The van der Waals surface area contributed by atoms with Gasteiger partial charge in [-0.1, -0.05) is 12.2 Å². The Morgan fingerprint density at radius 2 is 2.00 bits per heavy atom. The molecule has 0 radical (unpaired) electrons. The molecule has 2 heteroatoms. The summed E-state index contributed by atoms with van der Waals surface area (Å²) in [6.45, 7) is 0. The minimum absolute atomic E-state index is 0.310. The third-order valence-electron chi connectivity index (χ3n) is 4.26. The van der Waals surface area contributed by atoms with Crippen LogP contribution in [0.2, 0.25) is 0 Å². The molecule has 0 aromatic heterocycles. The Balaban J connectivity index is 1.85. The number of carbonyl (C=O) groups is 1. The van der Waals surface area contributed by atoms with Crippen LogP contribution in [0.3, 0.4) is 0 Å². The summed E-state index contributed by atoms with van der Waals surface area (Å²) in [5, 5.41) is 3.04. The molecule has 12 heavy (non-hydrogen) atoms. The lowest BCUT2D eigenvalue weighted by atomic mass is 9.62. The molecule has 62 valence electrons. The molecule has 2 saturated carbocycles. The number of carbonyl (C=O) groups excluding carboxylic acids is 1. The fourth-order valence-corrected chi connectivity index (χ4v) is 3.60. The van der Waals surface area contributed by atoms with Crippen molar-refractivity contribution >= 4 is 5.91 Å². The van der Waals surface area contributed by atoms with Gasteiger partial charge in [0.05, 0.1) is 5.92 Å². The SMILES string of the molecule is O=C1N[C@@H]2[C@H]3C=C[C@@H]([C@H]4C[C@H]34)[C@@H]12. The van der Waals surface area contributed by atoms with E-state index in [2.05, 4.69) is 17.5 Å². The molecule has 0 unspecified atom stereocenters. The Kier molecular flexibility index (Phi) is 0.713. The second kappa shape index (κ2) is 1.48. The maximum Gasteiger partial charge on any atom is 0.226 e. The van der Waals surface area contributed by atoms with Crippen LogP contribution < -0.4 is 5.32 Å². The Hall–Kier alpha value is -0.790. The molecule has 6 atom stereocenters. The van der Waals surface area contributed by atoms with Crippen molar-refractivity contribution in [1.82, 2.24) is 5.32 Å². The zero-order chi connectivity index (χ0) is 7.87. The van der Waals surface area contributed by atoms with Crippen LogP contribution in [0.5, 0.6) is 0 Å². The van der Waals surface area contributed by atoms with E-state index in [-0.39, 0.29) is 0 Å². The number of hydrogen-bond acceptors (Lipinski definition) is 1. The summed E-state index contributed by atoms with van der Waals surface area (Å²) in [6, 6.07) is 0.524. The van der Waals surface area contributed by atoms with E-state index < -0.39 is 0 Å². The average Bonchev–Trinajstić information content (AvgIpc) is 2.81. The van der Waals surface area contributed by atoms with Crippen LogP contribution in [0, 0.1) is 29.6 Å². The zero-order valence-electron chi connectivity index (χ0n) is 6.73. The summed E-state index contributed by atoms with van der Waals surface area (Å²) in [7, 11) is 0. The van der Waals surface area contributed by atoms with Crippen molar-refractivity contribution in [3.05, 3.63) is 12.2 Å².